The van der Waals surface area contributed by atoms with Gasteiger partial charge in [0, 0.05) is 18.0 Å². The summed E-state index contributed by atoms with van der Waals surface area (Å²) < 4.78 is 37.5. The zero-order valence-corrected chi connectivity index (χ0v) is 16.2. The SMILES string of the molecule is [C-]#[N+]c1ccc(S(=O)(=O)n2cc(CCC(=O)OC)c3cc(OC)ccc32)cc1. The van der Waals surface area contributed by atoms with E-state index in [1.54, 1.807) is 18.2 Å². The second kappa shape index (κ2) is 7.74. The standard InChI is InChI=1S/C20H18N2O5S/c1-21-15-5-8-17(9-6-15)28(24,25)22-13-14(4-11-20(23)27-3)18-12-16(26-2)7-10-19(18)22/h5-10,12-13H,4,11H2,2-3H3. The number of nitrogens with zero attached hydrogens (tertiary/aromatic N) is 2. The number of hydrogen-bond acceptors (Lipinski definition) is 5. The Hall–Kier alpha value is -3.31. The summed E-state index contributed by atoms with van der Waals surface area (Å²) in [6, 6.07) is 10.8. The van der Waals surface area contributed by atoms with Gasteiger partial charge >= 0.3 is 5.97 Å². The Balaban J connectivity index is 2.14. The quantitative estimate of drug-likeness (QED) is 0.469. The Morgan fingerprint density at radius 3 is 2.46 bits per heavy atom. The molecule has 2 aromatic carbocycles. The molecular formula is C20H18N2O5S. The topological polar surface area (TPSA) is 79.0 Å². The van der Waals surface area contributed by atoms with Gasteiger partial charge in [-0.25, -0.2) is 17.2 Å². The molecule has 7 nitrogen and oxygen atoms in total. The van der Waals surface area contributed by atoms with Crippen LogP contribution in [0, 0.1) is 6.57 Å². The van der Waals surface area contributed by atoms with Crippen LogP contribution in [0.15, 0.2) is 53.6 Å². The second-order valence-electron chi connectivity index (χ2n) is 6.02. The maximum atomic E-state index is 13.2. The molecule has 0 saturated carbocycles. The molecular weight excluding hydrogens is 380 g/mol. The van der Waals surface area contributed by atoms with Gasteiger partial charge in [0.05, 0.1) is 31.2 Å². The molecule has 0 amide bonds. The van der Waals surface area contributed by atoms with E-state index >= 15 is 0 Å². The number of carbonyl (C=O) groups is 1. The molecule has 3 aromatic rings. The summed E-state index contributed by atoms with van der Waals surface area (Å²) in [6.07, 6.45) is 1.98. The number of aromatic nitrogens is 1. The lowest BCUT2D eigenvalue weighted by molar-refractivity contribution is -0.140. The molecule has 1 heterocycles. The fraction of sp³-hybridized carbons (Fsp3) is 0.200. The van der Waals surface area contributed by atoms with Crippen molar-refractivity contribution in [2.45, 2.75) is 17.7 Å². The zero-order valence-electron chi connectivity index (χ0n) is 15.4. The highest BCUT2D eigenvalue weighted by molar-refractivity contribution is 7.90. The van der Waals surface area contributed by atoms with Crippen molar-refractivity contribution in [2.24, 2.45) is 0 Å². The third-order valence-electron chi connectivity index (χ3n) is 4.41. The lowest BCUT2D eigenvalue weighted by Crippen LogP contribution is -2.11. The summed E-state index contributed by atoms with van der Waals surface area (Å²) in [6.45, 7) is 7.00. The highest BCUT2D eigenvalue weighted by Gasteiger charge is 2.22. The molecule has 3 rings (SSSR count). The number of rotatable bonds is 6. The van der Waals surface area contributed by atoms with Crippen LogP contribution in [-0.2, 0) is 26.0 Å². The number of hydrogen-bond donors (Lipinski definition) is 0. The van der Waals surface area contributed by atoms with Crippen LogP contribution in [-0.4, -0.2) is 32.6 Å². The summed E-state index contributed by atoms with van der Waals surface area (Å²) >= 11 is 0. The molecule has 0 bridgehead atoms. The predicted molar refractivity (Wildman–Crippen MR) is 104 cm³/mol. The summed E-state index contributed by atoms with van der Waals surface area (Å²) in [5.74, 6) is 0.213. The second-order valence-corrected chi connectivity index (χ2v) is 7.84. The average Bonchev–Trinajstić information content (AvgIpc) is 3.10. The molecule has 0 aliphatic carbocycles. The van der Waals surface area contributed by atoms with Gasteiger partial charge in [0.25, 0.3) is 10.0 Å². The molecule has 0 saturated heterocycles. The van der Waals surface area contributed by atoms with Crippen LogP contribution < -0.4 is 4.74 Å². The molecule has 0 aliphatic rings. The molecule has 0 spiro atoms. The summed E-state index contributed by atoms with van der Waals surface area (Å²) in [4.78, 5) is 14.9. The molecule has 0 radical (unpaired) electrons. The molecule has 0 N–H and O–H groups in total. The highest BCUT2D eigenvalue weighted by atomic mass is 32.2. The summed E-state index contributed by atoms with van der Waals surface area (Å²) in [7, 11) is -1.04. The number of benzene rings is 2. The Labute approximate surface area is 163 Å². The number of aryl methyl sites for hydroxylation is 1. The van der Waals surface area contributed by atoms with E-state index in [0.717, 1.165) is 0 Å². The van der Waals surface area contributed by atoms with E-state index in [1.807, 2.05) is 0 Å². The first-order valence-corrected chi connectivity index (χ1v) is 9.82. The first kappa shape index (κ1) is 19.5. The third kappa shape index (κ3) is 3.57. The Morgan fingerprint density at radius 1 is 1.14 bits per heavy atom. The molecule has 0 unspecified atom stereocenters. The van der Waals surface area contributed by atoms with Crippen molar-refractivity contribution in [3.05, 3.63) is 65.6 Å². The first-order chi connectivity index (χ1) is 13.4. The number of ether oxygens (including phenoxy) is 2. The summed E-state index contributed by atoms with van der Waals surface area (Å²) in [5, 5.41) is 0.685. The average molecular weight is 398 g/mol. The maximum Gasteiger partial charge on any atom is 0.305 e. The van der Waals surface area contributed by atoms with Crippen LogP contribution in [0.2, 0.25) is 0 Å². The number of carbonyl (C=O) groups excluding carboxylic acids is 1. The minimum atomic E-state index is -3.88. The van der Waals surface area contributed by atoms with Crippen molar-refractivity contribution in [1.82, 2.24) is 3.97 Å². The smallest absolute Gasteiger partial charge is 0.305 e. The fourth-order valence-electron chi connectivity index (χ4n) is 2.92. The zero-order chi connectivity index (χ0) is 20.3. The van der Waals surface area contributed by atoms with Gasteiger partial charge in [-0.3, -0.25) is 4.79 Å². The van der Waals surface area contributed by atoms with Gasteiger partial charge in [0.1, 0.15) is 5.75 Å². The molecule has 144 valence electrons. The minimum Gasteiger partial charge on any atom is -0.497 e. The van der Waals surface area contributed by atoms with Crippen LogP contribution in [0.1, 0.15) is 12.0 Å². The van der Waals surface area contributed by atoms with Crippen molar-refractivity contribution < 1.29 is 22.7 Å². The van der Waals surface area contributed by atoms with E-state index < -0.39 is 10.0 Å². The van der Waals surface area contributed by atoms with Crippen molar-refractivity contribution in [1.29, 1.82) is 0 Å². The molecule has 8 heteroatoms. The van der Waals surface area contributed by atoms with Gasteiger partial charge in [0.15, 0.2) is 5.69 Å². The van der Waals surface area contributed by atoms with Crippen molar-refractivity contribution in [2.75, 3.05) is 14.2 Å². The largest absolute Gasteiger partial charge is 0.497 e. The lowest BCUT2D eigenvalue weighted by Gasteiger charge is -2.08. The third-order valence-corrected chi connectivity index (χ3v) is 6.10. The number of fused-ring (bicyclic) bond motifs is 1. The number of esters is 1. The van der Waals surface area contributed by atoms with E-state index in [4.69, 9.17) is 11.3 Å². The van der Waals surface area contributed by atoms with Crippen LogP contribution in [0.3, 0.4) is 0 Å². The van der Waals surface area contributed by atoms with E-state index in [-0.39, 0.29) is 17.3 Å². The Bertz CT molecular complexity index is 1170. The van der Waals surface area contributed by atoms with E-state index in [1.165, 1.54) is 48.7 Å². The fourth-order valence-corrected chi connectivity index (χ4v) is 4.31. The molecule has 1 aromatic heterocycles. The Morgan fingerprint density at radius 2 is 1.86 bits per heavy atom. The van der Waals surface area contributed by atoms with Gasteiger partial charge in [-0.05, 0) is 30.2 Å². The van der Waals surface area contributed by atoms with Gasteiger partial charge in [-0.1, -0.05) is 24.3 Å². The number of methoxy groups -OCH3 is 2. The molecule has 28 heavy (non-hydrogen) atoms. The van der Waals surface area contributed by atoms with Gasteiger partial charge in [0.2, 0.25) is 0 Å². The van der Waals surface area contributed by atoms with Crippen molar-refractivity contribution in [3.63, 3.8) is 0 Å². The predicted octanol–water partition coefficient (Wildman–Crippen LogP) is 3.54. The van der Waals surface area contributed by atoms with Crippen molar-refractivity contribution in [3.8, 4) is 5.75 Å². The maximum absolute atomic E-state index is 13.2. The summed E-state index contributed by atoms with van der Waals surface area (Å²) in [5.41, 5.74) is 1.54. The van der Waals surface area contributed by atoms with Crippen molar-refractivity contribution >= 4 is 32.6 Å². The van der Waals surface area contributed by atoms with Gasteiger partial charge in [-0.2, -0.15) is 0 Å². The van der Waals surface area contributed by atoms with E-state index in [9.17, 15) is 13.2 Å². The Kier molecular flexibility index (Phi) is 5.38. The first-order valence-electron chi connectivity index (χ1n) is 8.38. The molecule has 0 atom stereocenters. The van der Waals surface area contributed by atoms with Crippen LogP contribution in [0.4, 0.5) is 5.69 Å². The van der Waals surface area contributed by atoms with Gasteiger partial charge in [-0.15, -0.1) is 0 Å². The highest BCUT2D eigenvalue weighted by Crippen LogP contribution is 2.30. The van der Waals surface area contributed by atoms with Crippen LogP contribution >= 0.6 is 0 Å². The minimum absolute atomic E-state index is 0.0761. The van der Waals surface area contributed by atoms with Gasteiger partial charge < -0.3 is 9.47 Å². The van der Waals surface area contributed by atoms with E-state index in [0.29, 0.717) is 34.3 Å². The van der Waals surface area contributed by atoms with E-state index in [2.05, 4.69) is 9.58 Å². The van der Waals surface area contributed by atoms with Crippen LogP contribution in [0.5, 0.6) is 5.75 Å². The normalized spacial score (nSPS) is 11.2. The monoisotopic (exact) mass is 398 g/mol. The molecule has 0 aliphatic heterocycles. The lowest BCUT2D eigenvalue weighted by atomic mass is 10.1. The molecule has 0 fully saturated rings. The van der Waals surface area contributed by atoms with Crippen LogP contribution in [0.25, 0.3) is 15.7 Å².